The Balaban J connectivity index is 2.27. The fourth-order valence-electron chi connectivity index (χ4n) is 1.82. The lowest BCUT2D eigenvalue weighted by Crippen LogP contribution is -2.21. The average molecular weight is 209 g/mol. The van der Waals surface area contributed by atoms with Crippen LogP contribution in [0.25, 0.3) is 0 Å². The number of halogens is 1. The van der Waals surface area contributed by atoms with Crippen LogP contribution in [0.4, 0.5) is 10.1 Å². The third-order valence-electron chi connectivity index (χ3n) is 2.57. The lowest BCUT2D eigenvalue weighted by molar-refractivity contribution is 0.112. The van der Waals surface area contributed by atoms with E-state index in [1.807, 2.05) is 4.90 Å². The first kappa shape index (κ1) is 10.1. The van der Waals surface area contributed by atoms with Crippen molar-refractivity contribution in [3.05, 3.63) is 29.6 Å². The summed E-state index contributed by atoms with van der Waals surface area (Å²) in [6.45, 7) is 1.20. The molecular weight excluding hydrogens is 197 g/mol. The maximum Gasteiger partial charge on any atom is 0.150 e. The molecule has 1 aliphatic rings. The number of anilines is 1. The summed E-state index contributed by atoms with van der Waals surface area (Å²) >= 11 is 0. The Hall–Kier alpha value is -1.42. The summed E-state index contributed by atoms with van der Waals surface area (Å²) in [5.74, 6) is -0.420. The first-order valence-electron chi connectivity index (χ1n) is 4.88. The van der Waals surface area contributed by atoms with Crippen molar-refractivity contribution >= 4 is 12.0 Å². The van der Waals surface area contributed by atoms with Crippen LogP contribution < -0.4 is 4.90 Å². The minimum Gasteiger partial charge on any atom is -0.391 e. The van der Waals surface area contributed by atoms with Crippen molar-refractivity contribution in [1.29, 1.82) is 0 Å². The molecule has 0 saturated carbocycles. The molecule has 0 bridgehead atoms. The Morgan fingerprint density at radius 3 is 2.87 bits per heavy atom. The molecule has 0 amide bonds. The zero-order valence-electron chi connectivity index (χ0n) is 8.19. The average Bonchev–Trinajstić information content (AvgIpc) is 2.64. The molecule has 1 fully saturated rings. The molecule has 1 aromatic carbocycles. The van der Waals surface area contributed by atoms with Crippen molar-refractivity contribution in [3.63, 3.8) is 0 Å². The second kappa shape index (κ2) is 3.98. The number of hydrogen-bond donors (Lipinski definition) is 1. The van der Waals surface area contributed by atoms with Crippen LogP contribution in [0, 0.1) is 5.82 Å². The third-order valence-corrected chi connectivity index (χ3v) is 2.57. The van der Waals surface area contributed by atoms with Gasteiger partial charge in [0.1, 0.15) is 12.1 Å². The molecule has 1 unspecified atom stereocenters. The van der Waals surface area contributed by atoms with Crippen LogP contribution in [-0.2, 0) is 0 Å². The quantitative estimate of drug-likeness (QED) is 0.744. The molecule has 1 atom stereocenters. The SMILES string of the molecule is O=Cc1cc(F)cc(N2CCC(O)C2)c1. The molecule has 1 saturated heterocycles. The minimum atomic E-state index is -0.420. The molecule has 1 aliphatic heterocycles. The van der Waals surface area contributed by atoms with Crippen LogP contribution in [0.2, 0.25) is 0 Å². The molecule has 15 heavy (non-hydrogen) atoms. The summed E-state index contributed by atoms with van der Waals surface area (Å²) in [6, 6.07) is 4.21. The van der Waals surface area contributed by atoms with Crippen LogP contribution in [-0.4, -0.2) is 30.6 Å². The summed E-state index contributed by atoms with van der Waals surface area (Å²) in [5.41, 5.74) is 0.986. The van der Waals surface area contributed by atoms with Crippen molar-refractivity contribution in [3.8, 4) is 0 Å². The van der Waals surface area contributed by atoms with Gasteiger partial charge in [0, 0.05) is 24.3 Å². The molecule has 0 spiro atoms. The summed E-state index contributed by atoms with van der Waals surface area (Å²) in [4.78, 5) is 12.4. The van der Waals surface area contributed by atoms with Crippen molar-refractivity contribution in [1.82, 2.24) is 0 Å². The van der Waals surface area contributed by atoms with Crippen molar-refractivity contribution in [2.75, 3.05) is 18.0 Å². The van der Waals surface area contributed by atoms with E-state index < -0.39 is 5.82 Å². The number of rotatable bonds is 2. The molecule has 0 aliphatic carbocycles. The Morgan fingerprint density at radius 2 is 2.27 bits per heavy atom. The van der Waals surface area contributed by atoms with E-state index in [1.54, 1.807) is 6.07 Å². The number of nitrogens with zero attached hydrogens (tertiary/aromatic N) is 1. The Kier molecular flexibility index (Phi) is 2.68. The van der Waals surface area contributed by atoms with E-state index in [1.165, 1.54) is 12.1 Å². The van der Waals surface area contributed by atoms with Crippen LogP contribution >= 0.6 is 0 Å². The molecule has 3 nitrogen and oxygen atoms in total. The van der Waals surface area contributed by atoms with Gasteiger partial charge in [-0.1, -0.05) is 0 Å². The number of aldehydes is 1. The van der Waals surface area contributed by atoms with E-state index in [9.17, 15) is 14.3 Å². The van der Waals surface area contributed by atoms with Crippen molar-refractivity contribution in [2.45, 2.75) is 12.5 Å². The monoisotopic (exact) mass is 209 g/mol. The number of hydrogen-bond acceptors (Lipinski definition) is 3. The van der Waals surface area contributed by atoms with Crippen LogP contribution in [0.15, 0.2) is 18.2 Å². The van der Waals surface area contributed by atoms with E-state index >= 15 is 0 Å². The zero-order chi connectivity index (χ0) is 10.8. The topological polar surface area (TPSA) is 40.5 Å². The number of aliphatic hydroxyl groups is 1. The predicted octanol–water partition coefficient (Wildman–Crippen LogP) is 1.21. The maximum absolute atomic E-state index is 13.1. The van der Waals surface area contributed by atoms with Gasteiger partial charge >= 0.3 is 0 Å². The highest BCUT2D eigenvalue weighted by Crippen LogP contribution is 2.22. The smallest absolute Gasteiger partial charge is 0.150 e. The van der Waals surface area contributed by atoms with Crippen molar-refractivity contribution < 1.29 is 14.3 Å². The van der Waals surface area contributed by atoms with E-state index in [0.29, 0.717) is 37.0 Å². The fourth-order valence-corrected chi connectivity index (χ4v) is 1.82. The van der Waals surface area contributed by atoms with Crippen LogP contribution in [0.1, 0.15) is 16.8 Å². The summed E-state index contributed by atoms with van der Waals surface area (Å²) in [6.07, 6.45) is 0.958. The predicted molar refractivity (Wildman–Crippen MR) is 54.6 cm³/mol. The molecule has 0 aromatic heterocycles. The highest BCUT2D eigenvalue weighted by Gasteiger charge is 2.20. The second-order valence-corrected chi connectivity index (χ2v) is 3.75. The van der Waals surface area contributed by atoms with E-state index in [0.717, 1.165) is 0 Å². The molecule has 80 valence electrons. The number of carbonyl (C=O) groups is 1. The second-order valence-electron chi connectivity index (χ2n) is 3.75. The standard InChI is InChI=1S/C11H12FNO2/c12-9-3-8(7-14)4-10(5-9)13-2-1-11(15)6-13/h3-5,7,11,15H,1-2,6H2. The highest BCUT2D eigenvalue weighted by atomic mass is 19.1. The lowest BCUT2D eigenvalue weighted by Gasteiger charge is -2.18. The highest BCUT2D eigenvalue weighted by molar-refractivity contribution is 5.77. The molecule has 1 aromatic rings. The van der Waals surface area contributed by atoms with Crippen LogP contribution in [0.3, 0.4) is 0 Å². The van der Waals surface area contributed by atoms with Gasteiger partial charge in [0.25, 0.3) is 0 Å². The van der Waals surface area contributed by atoms with Gasteiger partial charge in [0.05, 0.1) is 6.10 Å². The van der Waals surface area contributed by atoms with E-state index in [-0.39, 0.29) is 6.10 Å². The Labute approximate surface area is 87.1 Å². The Bertz CT molecular complexity index is 381. The van der Waals surface area contributed by atoms with Gasteiger partial charge in [-0.15, -0.1) is 0 Å². The van der Waals surface area contributed by atoms with E-state index in [4.69, 9.17) is 0 Å². The van der Waals surface area contributed by atoms with Gasteiger partial charge < -0.3 is 10.0 Å². The zero-order valence-corrected chi connectivity index (χ0v) is 8.19. The largest absolute Gasteiger partial charge is 0.391 e. The number of carbonyl (C=O) groups excluding carboxylic acids is 1. The first-order valence-corrected chi connectivity index (χ1v) is 4.88. The van der Waals surface area contributed by atoms with Gasteiger partial charge in [-0.3, -0.25) is 4.79 Å². The molecular formula is C11H12FNO2. The van der Waals surface area contributed by atoms with Gasteiger partial charge in [-0.25, -0.2) is 4.39 Å². The maximum atomic E-state index is 13.1. The lowest BCUT2D eigenvalue weighted by atomic mass is 10.2. The van der Waals surface area contributed by atoms with Gasteiger partial charge in [0.2, 0.25) is 0 Å². The third kappa shape index (κ3) is 2.15. The number of benzene rings is 1. The van der Waals surface area contributed by atoms with Crippen molar-refractivity contribution in [2.24, 2.45) is 0 Å². The number of β-amino-alcohol motifs (C(OH)–C–C–N with tert-alkyl or cyclic N) is 1. The van der Waals surface area contributed by atoms with Gasteiger partial charge in [-0.2, -0.15) is 0 Å². The molecule has 1 heterocycles. The number of aliphatic hydroxyl groups excluding tert-OH is 1. The molecule has 4 heteroatoms. The van der Waals surface area contributed by atoms with E-state index in [2.05, 4.69) is 0 Å². The van der Waals surface area contributed by atoms with Gasteiger partial charge in [-0.05, 0) is 24.6 Å². The Morgan fingerprint density at radius 1 is 1.47 bits per heavy atom. The first-order chi connectivity index (χ1) is 7.19. The molecule has 1 N–H and O–H groups in total. The normalized spacial score (nSPS) is 20.7. The van der Waals surface area contributed by atoms with Gasteiger partial charge in [0.15, 0.2) is 0 Å². The summed E-state index contributed by atoms with van der Waals surface area (Å²) < 4.78 is 13.1. The molecule has 2 rings (SSSR count). The summed E-state index contributed by atoms with van der Waals surface area (Å²) in [7, 11) is 0. The molecule has 0 radical (unpaired) electrons. The fraction of sp³-hybridized carbons (Fsp3) is 0.364. The van der Waals surface area contributed by atoms with Crippen LogP contribution in [0.5, 0.6) is 0 Å². The minimum absolute atomic E-state index is 0.325. The summed E-state index contributed by atoms with van der Waals surface area (Å²) in [5, 5.41) is 9.35.